The number of carbonyl (C=O) groups excluding carboxylic acids is 2. The molecule has 0 bridgehead atoms. The second kappa shape index (κ2) is 4.96. The second-order valence-electron chi connectivity index (χ2n) is 3.68. The molecule has 5 heteroatoms. The van der Waals surface area contributed by atoms with Gasteiger partial charge in [-0.15, -0.1) is 0 Å². The van der Waals surface area contributed by atoms with Crippen LogP contribution in [0.2, 0.25) is 0 Å². The van der Waals surface area contributed by atoms with Crippen molar-refractivity contribution in [3.63, 3.8) is 0 Å². The Balaban J connectivity index is 2.78. The fraction of sp³-hybridized carbons (Fsp3) is 0.800. The SMILES string of the molecule is CCOC(=O)[C@H]1[C@H](C)[C@H](Br)C(=O)O[C@@H]1C. The summed E-state index contributed by atoms with van der Waals surface area (Å²) in [6, 6.07) is 0. The number of rotatable bonds is 2. The summed E-state index contributed by atoms with van der Waals surface area (Å²) >= 11 is 3.22. The van der Waals surface area contributed by atoms with Crippen molar-refractivity contribution in [2.24, 2.45) is 11.8 Å². The van der Waals surface area contributed by atoms with Crippen LogP contribution in [0.25, 0.3) is 0 Å². The van der Waals surface area contributed by atoms with Crippen molar-refractivity contribution < 1.29 is 19.1 Å². The van der Waals surface area contributed by atoms with Crippen molar-refractivity contribution in [3.8, 4) is 0 Å². The molecule has 1 heterocycles. The van der Waals surface area contributed by atoms with Gasteiger partial charge in [0.05, 0.1) is 12.5 Å². The lowest BCUT2D eigenvalue weighted by Gasteiger charge is -2.34. The molecule has 0 aromatic rings. The zero-order valence-corrected chi connectivity index (χ0v) is 10.6. The van der Waals surface area contributed by atoms with Gasteiger partial charge >= 0.3 is 11.9 Å². The highest BCUT2D eigenvalue weighted by Crippen LogP contribution is 2.32. The van der Waals surface area contributed by atoms with Crippen LogP contribution in [0, 0.1) is 11.8 Å². The molecule has 0 unspecified atom stereocenters. The van der Waals surface area contributed by atoms with Crippen LogP contribution in [0.15, 0.2) is 0 Å². The number of esters is 2. The smallest absolute Gasteiger partial charge is 0.320 e. The number of cyclic esters (lactones) is 1. The first kappa shape index (κ1) is 12.5. The maximum atomic E-state index is 11.6. The highest BCUT2D eigenvalue weighted by atomic mass is 79.9. The van der Waals surface area contributed by atoms with Crippen LogP contribution in [-0.2, 0) is 19.1 Å². The summed E-state index contributed by atoms with van der Waals surface area (Å²) in [4.78, 5) is 22.5. The summed E-state index contributed by atoms with van der Waals surface area (Å²) in [7, 11) is 0. The van der Waals surface area contributed by atoms with Gasteiger partial charge in [0.2, 0.25) is 0 Å². The molecule has 4 atom stereocenters. The van der Waals surface area contributed by atoms with Gasteiger partial charge in [0.25, 0.3) is 0 Å². The van der Waals surface area contributed by atoms with Crippen molar-refractivity contribution >= 4 is 27.9 Å². The Morgan fingerprint density at radius 3 is 2.67 bits per heavy atom. The Bertz CT molecular complexity index is 266. The third-order valence-corrected chi connectivity index (χ3v) is 3.83. The van der Waals surface area contributed by atoms with Crippen LogP contribution < -0.4 is 0 Å². The zero-order chi connectivity index (χ0) is 11.6. The van der Waals surface area contributed by atoms with Gasteiger partial charge < -0.3 is 9.47 Å². The van der Waals surface area contributed by atoms with Crippen LogP contribution in [0.3, 0.4) is 0 Å². The Morgan fingerprint density at radius 2 is 2.13 bits per heavy atom. The van der Waals surface area contributed by atoms with Crippen LogP contribution >= 0.6 is 15.9 Å². The van der Waals surface area contributed by atoms with Crippen molar-refractivity contribution in [2.75, 3.05) is 6.61 Å². The second-order valence-corrected chi connectivity index (χ2v) is 4.67. The van der Waals surface area contributed by atoms with E-state index in [2.05, 4.69) is 15.9 Å². The fourth-order valence-corrected chi connectivity index (χ4v) is 2.23. The molecule has 0 radical (unpaired) electrons. The van der Waals surface area contributed by atoms with Gasteiger partial charge in [0, 0.05) is 0 Å². The van der Waals surface area contributed by atoms with Crippen LogP contribution in [0.1, 0.15) is 20.8 Å². The number of halogens is 1. The minimum absolute atomic E-state index is 0.111. The average Bonchev–Trinajstić information content (AvgIpc) is 2.15. The quantitative estimate of drug-likeness (QED) is 0.568. The lowest BCUT2D eigenvalue weighted by Crippen LogP contribution is -2.47. The Kier molecular flexibility index (Phi) is 4.13. The number of alkyl halides is 1. The number of hydrogen-bond acceptors (Lipinski definition) is 4. The van der Waals surface area contributed by atoms with Gasteiger partial charge in [-0.2, -0.15) is 0 Å². The van der Waals surface area contributed by atoms with Gasteiger partial charge in [-0.3, -0.25) is 9.59 Å². The zero-order valence-electron chi connectivity index (χ0n) is 9.03. The Labute approximate surface area is 97.4 Å². The van der Waals surface area contributed by atoms with Gasteiger partial charge in [0.1, 0.15) is 10.9 Å². The summed E-state index contributed by atoms with van der Waals surface area (Å²) in [5, 5.41) is 0. The van der Waals surface area contributed by atoms with E-state index in [4.69, 9.17) is 9.47 Å². The molecule has 0 aromatic heterocycles. The number of carbonyl (C=O) groups is 2. The van der Waals surface area contributed by atoms with E-state index in [1.807, 2.05) is 6.92 Å². The van der Waals surface area contributed by atoms with Gasteiger partial charge in [-0.1, -0.05) is 22.9 Å². The summed E-state index contributed by atoms with van der Waals surface area (Å²) in [5.74, 6) is -1.10. The maximum Gasteiger partial charge on any atom is 0.320 e. The van der Waals surface area contributed by atoms with E-state index in [1.54, 1.807) is 13.8 Å². The molecule has 0 aliphatic carbocycles. The molecule has 1 aliphatic heterocycles. The molecule has 0 amide bonds. The monoisotopic (exact) mass is 278 g/mol. The van der Waals surface area contributed by atoms with E-state index in [1.165, 1.54) is 0 Å². The molecule has 86 valence electrons. The first-order chi connectivity index (χ1) is 6.99. The minimum Gasteiger partial charge on any atom is -0.466 e. The van der Waals surface area contributed by atoms with Gasteiger partial charge in [0.15, 0.2) is 0 Å². The molecular weight excluding hydrogens is 264 g/mol. The topological polar surface area (TPSA) is 52.6 Å². The molecule has 4 nitrogen and oxygen atoms in total. The standard InChI is InChI=1S/C10H15BrO4/c1-4-14-9(12)7-5(2)8(11)10(13)15-6(7)3/h5-8H,4H2,1-3H3/t5-,6+,7-,8-/m0/s1. The van der Waals surface area contributed by atoms with Crippen molar-refractivity contribution in [1.82, 2.24) is 0 Å². The average molecular weight is 279 g/mol. The molecule has 15 heavy (non-hydrogen) atoms. The van der Waals surface area contributed by atoms with Crippen LogP contribution in [0.5, 0.6) is 0 Å². The highest BCUT2D eigenvalue weighted by molar-refractivity contribution is 9.10. The van der Waals surface area contributed by atoms with E-state index in [0.717, 1.165) is 0 Å². The van der Waals surface area contributed by atoms with E-state index in [9.17, 15) is 9.59 Å². The fourth-order valence-electron chi connectivity index (χ4n) is 1.79. The molecular formula is C10H15BrO4. The Hall–Kier alpha value is -0.580. The predicted octanol–water partition coefficient (Wildman–Crippen LogP) is 1.51. The largest absolute Gasteiger partial charge is 0.466 e. The van der Waals surface area contributed by atoms with E-state index < -0.39 is 10.9 Å². The molecule has 0 aromatic carbocycles. The van der Waals surface area contributed by atoms with Crippen LogP contribution in [-0.4, -0.2) is 29.5 Å². The summed E-state index contributed by atoms with van der Waals surface area (Å²) in [6.45, 7) is 5.66. The molecule has 0 saturated carbocycles. The van der Waals surface area contributed by atoms with Crippen molar-refractivity contribution in [1.29, 1.82) is 0 Å². The first-order valence-electron chi connectivity index (χ1n) is 5.00. The van der Waals surface area contributed by atoms with Crippen molar-refractivity contribution in [3.05, 3.63) is 0 Å². The number of ether oxygens (including phenoxy) is 2. The molecule has 1 rings (SSSR count). The third-order valence-electron chi connectivity index (χ3n) is 2.62. The lowest BCUT2D eigenvalue weighted by atomic mass is 9.85. The first-order valence-corrected chi connectivity index (χ1v) is 5.91. The van der Waals surface area contributed by atoms with E-state index in [-0.39, 0.29) is 23.8 Å². The summed E-state index contributed by atoms with van der Waals surface area (Å²) in [6.07, 6.45) is -0.416. The lowest BCUT2D eigenvalue weighted by molar-refractivity contribution is -0.171. The molecule has 0 N–H and O–H groups in total. The predicted molar refractivity (Wildman–Crippen MR) is 57.6 cm³/mol. The third kappa shape index (κ3) is 2.51. The minimum atomic E-state index is -0.428. The van der Waals surface area contributed by atoms with Crippen LogP contribution in [0.4, 0.5) is 0 Å². The summed E-state index contributed by atoms with van der Waals surface area (Å²) in [5.41, 5.74) is 0. The molecule has 0 spiro atoms. The molecule has 1 saturated heterocycles. The van der Waals surface area contributed by atoms with E-state index in [0.29, 0.717) is 6.61 Å². The van der Waals surface area contributed by atoms with E-state index >= 15 is 0 Å². The normalized spacial score (nSPS) is 35.9. The maximum absolute atomic E-state index is 11.6. The molecule has 1 aliphatic rings. The number of hydrogen-bond donors (Lipinski definition) is 0. The highest BCUT2D eigenvalue weighted by Gasteiger charge is 2.44. The Morgan fingerprint density at radius 1 is 1.53 bits per heavy atom. The molecule has 1 fully saturated rings. The van der Waals surface area contributed by atoms with Gasteiger partial charge in [-0.05, 0) is 19.8 Å². The van der Waals surface area contributed by atoms with Gasteiger partial charge in [-0.25, -0.2) is 0 Å². The van der Waals surface area contributed by atoms with Crippen molar-refractivity contribution in [2.45, 2.75) is 31.7 Å². The summed E-state index contributed by atoms with van der Waals surface area (Å²) < 4.78 is 10.0.